The van der Waals surface area contributed by atoms with E-state index in [-0.39, 0.29) is 22.7 Å². The van der Waals surface area contributed by atoms with Crippen LogP contribution in [-0.4, -0.2) is 69.0 Å². The maximum atomic E-state index is 15.2. The average molecular weight is 587 g/mol. The summed E-state index contributed by atoms with van der Waals surface area (Å²) < 4.78 is 35.5. The maximum absolute atomic E-state index is 15.2. The number of halogens is 2. The smallest absolute Gasteiger partial charge is 0.284 e. The molecular weight excluding hydrogens is 558 g/mol. The molecule has 5 aromatic rings. The lowest BCUT2D eigenvalue weighted by molar-refractivity contribution is 0.102. The molecule has 0 bridgehead atoms. The summed E-state index contributed by atoms with van der Waals surface area (Å²) in [5.41, 5.74) is -0.00298. The van der Waals surface area contributed by atoms with Gasteiger partial charge in [0, 0.05) is 49.3 Å². The number of benzene rings is 2. The van der Waals surface area contributed by atoms with Gasteiger partial charge < -0.3 is 19.9 Å². The zero-order valence-electron chi connectivity index (χ0n) is 23.4. The topological polar surface area (TPSA) is 121 Å². The second kappa shape index (κ2) is 11.6. The first kappa shape index (κ1) is 28.0. The number of amides is 1. The van der Waals surface area contributed by atoms with Crippen molar-refractivity contribution in [2.24, 2.45) is 0 Å². The van der Waals surface area contributed by atoms with Gasteiger partial charge in [0.15, 0.2) is 23.0 Å². The van der Waals surface area contributed by atoms with Crippen LogP contribution in [-0.2, 0) is 0 Å². The van der Waals surface area contributed by atoms with Crippen molar-refractivity contribution in [1.29, 1.82) is 0 Å². The zero-order chi connectivity index (χ0) is 30.1. The van der Waals surface area contributed by atoms with Gasteiger partial charge in [-0.1, -0.05) is 0 Å². The van der Waals surface area contributed by atoms with Gasteiger partial charge >= 0.3 is 0 Å². The van der Waals surface area contributed by atoms with Crippen molar-refractivity contribution in [3.8, 4) is 17.2 Å². The van der Waals surface area contributed by atoms with Crippen LogP contribution in [0.1, 0.15) is 23.2 Å². The minimum Gasteiger partial charge on any atom is -0.453 e. The Labute approximate surface area is 244 Å². The Morgan fingerprint density at radius 1 is 1.02 bits per heavy atom. The van der Waals surface area contributed by atoms with E-state index in [1.54, 1.807) is 12.3 Å². The minimum absolute atomic E-state index is 0.0634. The van der Waals surface area contributed by atoms with Crippen molar-refractivity contribution in [1.82, 2.24) is 29.9 Å². The van der Waals surface area contributed by atoms with E-state index < -0.39 is 23.1 Å². The number of nitrogens with one attached hydrogen (secondary N) is 2. The molecule has 0 aliphatic carbocycles. The monoisotopic (exact) mass is 586 g/mol. The molecular formula is C30H28F2N8O3. The molecule has 4 heterocycles. The molecule has 0 unspecified atom stereocenters. The molecule has 0 spiro atoms. The van der Waals surface area contributed by atoms with Gasteiger partial charge in [0.2, 0.25) is 0 Å². The standard InChI is InChI=1S/C30H28F2N8O3/c1-38(2)20-11-15-39(16-12-20)28-26-25(10-13-33-27(26)36-37-28)43-24-8-5-19(17-23(24)32)35-29(41)22-9-14-34-40(30(22)42)21-6-3-18(31)4-7-21/h3-10,13-14,17,20H,11-12,15-16H2,1-2H3,(H,35,41)(H,33,36,37). The summed E-state index contributed by atoms with van der Waals surface area (Å²) in [6, 6.07) is 12.5. The Morgan fingerprint density at radius 3 is 2.51 bits per heavy atom. The van der Waals surface area contributed by atoms with E-state index in [0.29, 0.717) is 28.6 Å². The van der Waals surface area contributed by atoms with Gasteiger partial charge in [0.25, 0.3) is 11.5 Å². The number of hydrogen-bond donors (Lipinski definition) is 2. The molecule has 1 aliphatic rings. The summed E-state index contributed by atoms with van der Waals surface area (Å²) in [7, 11) is 4.16. The van der Waals surface area contributed by atoms with Crippen LogP contribution in [0.3, 0.4) is 0 Å². The normalized spacial score (nSPS) is 13.9. The number of carbonyl (C=O) groups excluding carboxylic acids is 1. The number of carbonyl (C=O) groups is 1. The van der Waals surface area contributed by atoms with Gasteiger partial charge in [0.1, 0.15) is 22.5 Å². The molecule has 2 aromatic carbocycles. The van der Waals surface area contributed by atoms with Crippen molar-refractivity contribution in [2.75, 3.05) is 37.4 Å². The Hall–Kier alpha value is -5.17. The molecule has 2 N–H and O–H groups in total. The van der Waals surface area contributed by atoms with Crippen molar-refractivity contribution in [3.63, 3.8) is 0 Å². The summed E-state index contributed by atoms with van der Waals surface area (Å²) in [4.78, 5) is 34.6. The number of nitrogens with zero attached hydrogens (tertiary/aromatic N) is 6. The number of anilines is 2. The number of ether oxygens (including phenoxy) is 1. The number of rotatable bonds is 7. The fourth-order valence-electron chi connectivity index (χ4n) is 5.14. The van der Waals surface area contributed by atoms with Crippen molar-refractivity contribution in [2.45, 2.75) is 18.9 Å². The molecule has 1 fully saturated rings. The lowest BCUT2D eigenvalue weighted by atomic mass is 10.0. The molecule has 1 aliphatic heterocycles. The summed E-state index contributed by atoms with van der Waals surface area (Å²) in [6.07, 6.45) is 4.80. The lowest BCUT2D eigenvalue weighted by Gasteiger charge is -2.35. The van der Waals surface area contributed by atoms with E-state index in [0.717, 1.165) is 36.7 Å². The summed E-state index contributed by atoms with van der Waals surface area (Å²) >= 11 is 0. The predicted octanol–water partition coefficient (Wildman–Crippen LogP) is 4.36. The third kappa shape index (κ3) is 5.66. The predicted molar refractivity (Wildman–Crippen MR) is 157 cm³/mol. The van der Waals surface area contributed by atoms with Crippen LogP contribution in [0.5, 0.6) is 11.5 Å². The Morgan fingerprint density at radius 2 is 1.79 bits per heavy atom. The van der Waals surface area contributed by atoms with Gasteiger partial charge in [-0.15, -0.1) is 0 Å². The molecule has 6 rings (SSSR count). The molecule has 43 heavy (non-hydrogen) atoms. The van der Waals surface area contributed by atoms with Gasteiger partial charge in [0.05, 0.1) is 5.69 Å². The number of H-pyrrole nitrogens is 1. The van der Waals surface area contributed by atoms with Gasteiger partial charge in [-0.05, 0) is 69.4 Å². The number of piperidine rings is 1. The van der Waals surface area contributed by atoms with Crippen molar-refractivity contribution < 1.29 is 18.3 Å². The third-order valence-electron chi connectivity index (χ3n) is 7.47. The van der Waals surface area contributed by atoms with Crippen LogP contribution in [0.15, 0.2) is 71.8 Å². The van der Waals surface area contributed by atoms with Crippen LogP contribution in [0.25, 0.3) is 16.7 Å². The first-order chi connectivity index (χ1) is 20.8. The average Bonchev–Trinajstić information content (AvgIpc) is 3.44. The highest BCUT2D eigenvalue weighted by Crippen LogP contribution is 2.36. The zero-order valence-corrected chi connectivity index (χ0v) is 23.4. The van der Waals surface area contributed by atoms with Crippen molar-refractivity contribution in [3.05, 3.63) is 94.5 Å². The van der Waals surface area contributed by atoms with E-state index in [1.807, 2.05) is 0 Å². The van der Waals surface area contributed by atoms with E-state index in [2.05, 4.69) is 49.5 Å². The molecule has 3 aromatic heterocycles. The number of pyridine rings is 1. The number of aromatic amines is 1. The second-order valence-electron chi connectivity index (χ2n) is 10.4. The highest BCUT2D eigenvalue weighted by Gasteiger charge is 2.25. The summed E-state index contributed by atoms with van der Waals surface area (Å²) in [5.74, 6) is -0.933. The van der Waals surface area contributed by atoms with Crippen LogP contribution in [0.2, 0.25) is 0 Å². The van der Waals surface area contributed by atoms with Crippen LogP contribution < -0.4 is 20.5 Å². The Balaban J connectivity index is 1.20. The quantitative estimate of drug-likeness (QED) is 0.289. The third-order valence-corrected chi connectivity index (χ3v) is 7.47. The Bertz CT molecular complexity index is 1850. The molecule has 220 valence electrons. The lowest BCUT2D eigenvalue weighted by Crippen LogP contribution is -2.42. The molecule has 0 saturated carbocycles. The van der Waals surface area contributed by atoms with E-state index in [4.69, 9.17) is 4.74 Å². The molecule has 1 saturated heterocycles. The highest BCUT2D eigenvalue weighted by molar-refractivity contribution is 6.04. The summed E-state index contributed by atoms with van der Waals surface area (Å²) in [5, 5.41) is 14.6. The molecule has 11 nitrogen and oxygen atoms in total. The SMILES string of the molecule is CN(C)C1CCN(c2n[nH]c3nccc(Oc4ccc(NC(=O)c5ccnn(-c6ccc(F)cc6)c5=O)cc4F)c23)CC1. The van der Waals surface area contributed by atoms with Crippen LogP contribution in [0, 0.1) is 11.6 Å². The number of fused-ring (bicyclic) bond motifs is 1. The molecule has 0 atom stereocenters. The summed E-state index contributed by atoms with van der Waals surface area (Å²) in [6.45, 7) is 1.62. The molecule has 13 heteroatoms. The van der Waals surface area contributed by atoms with Crippen molar-refractivity contribution >= 4 is 28.4 Å². The second-order valence-corrected chi connectivity index (χ2v) is 10.4. The highest BCUT2D eigenvalue weighted by atomic mass is 19.1. The minimum atomic E-state index is -0.756. The maximum Gasteiger partial charge on any atom is 0.284 e. The van der Waals surface area contributed by atoms with Gasteiger partial charge in [-0.2, -0.15) is 14.9 Å². The molecule has 1 amide bonds. The van der Waals surface area contributed by atoms with Crippen LogP contribution in [0.4, 0.5) is 20.3 Å². The fraction of sp³-hybridized carbons (Fsp3) is 0.233. The van der Waals surface area contributed by atoms with Crippen LogP contribution >= 0.6 is 0 Å². The van der Waals surface area contributed by atoms with E-state index >= 15 is 4.39 Å². The van der Waals surface area contributed by atoms with E-state index in [9.17, 15) is 14.0 Å². The first-order valence-corrected chi connectivity index (χ1v) is 13.7. The van der Waals surface area contributed by atoms with Gasteiger partial charge in [-0.3, -0.25) is 14.7 Å². The number of hydrogen-bond acceptors (Lipinski definition) is 8. The number of aromatic nitrogens is 5. The first-order valence-electron chi connectivity index (χ1n) is 13.7. The largest absolute Gasteiger partial charge is 0.453 e. The fourth-order valence-corrected chi connectivity index (χ4v) is 5.14. The molecule has 0 radical (unpaired) electrons. The van der Waals surface area contributed by atoms with Gasteiger partial charge in [-0.25, -0.2) is 13.8 Å². The van der Waals surface area contributed by atoms with E-state index in [1.165, 1.54) is 48.7 Å². The Kier molecular flexibility index (Phi) is 7.55.